The maximum absolute atomic E-state index is 12.5. The standard InChI is InChI=1S/C22H21N3O/c26-22(23-11-10-14-4-2-1-3-5-14)17-8-9-18-19(13-17)25-21-16-7-6-15(12-16)20(21)24-18/h1-5,8-9,13,15-16H,6-7,10-12H2,(H,23,26). The smallest absolute Gasteiger partial charge is 0.251 e. The van der Waals surface area contributed by atoms with Crippen LogP contribution in [0.15, 0.2) is 48.5 Å². The Balaban J connectivity index is 1.33. The Morgan fingerprint density at radius 3 is 2.46 bits per heavy atom. The lowest BCUT2D eigenvalue weighted by Crippen LogP contribution is -2.25. The fourth-order valence-corrected chi connectivity index (χ4v) is 4.37. The van der Waals surface area contributed by atoms with E-state index in [9.17, 15) is 4.79 Å². The summed E-state index contributed by atoms with van der Waals surface area (Å²) in [5, 5.41) is 3.00. The molecule has 4 heteroatoms. The molecule has 2 bridgehead atoms. The number of nitrogens with zero attached hydrogens (tertiary/aromatic N) is 2. The van der Waals surface area contributed by atoms with Gasteiger partial charge in [0.1, 0.15) is 0 Å². The van der Waals surface area contributed by atoms with Gasteiger partial charge in [-0.25, -0.2) is 9.97 Å². The Labute approximate surface area is 152 Å². The Hall–Kier alpha value is -2.75. The van der Waals surface area contributed by atoms with Crippen LogP contribution in [0.1, 0.15) is 58.4 Å². The van der Waals surface area contributed by atoms with Crippen molar-refractivity contribution in [2.45, 2.75) is 37.5 Å². The molecule has 2 aromatic carbocycles. The fraction of sp³-hybridized carbons (Fsp3) is 0.318. The SMILES string of the molecule is O=C(NCCc1ccccc1)c1ccc2nc3c(nc2c1)C1CCC3C1. The van der Waals surface area contributed by atoms with Gasteiger partial charge in [-0.1, -0.05) is 30.3 Å². The highest BCUT2D eigenvalue weighted by Crippen LogP contribution is 2.51. The van der Waals surface area contributed by atoms with Crippen LogP contribution < -0.4 is 5.32 Å². The normalized spacial score (nSPS) is 20.3. The fourth-order valence-electron chi connectivity index (χ4n) is 4.37. The predicted octanol–water partition coefficient (Wildman–Crippen LogP) is 3.97. The summed E-state index contributed by atoms with van der Waals surface area (Å²) in [4.78, 5) is 22.2. The molecule has 130 valence electrons. The van der Waals surface area contributed by atoms with Crippen molar-refractivity contribution in [1.29, 1.82) is 0 Å². The highest BCUT2D eigenvalue weighted by molar-refractivity contribution is 5.97. The van der Waals surface area contributed by atoms with Crippen molar-refractivity contribution in [1.82, 2.24) is 15.3 Å². The third-order valence-corrected chi connectivity index (χ3v) is 5.73. The maximum atomic E-state index is 12.5. The van der Waals surface area contributed by atoms with Gasteiger partial charge in [-0.05, 0) is 49.4 Å². The van der Waals surface area contributed by atoms with Crippen molar-refractivity contribution in [3.05, 3.63) is 71.0 Å². The van der Waals surface area contributed by atoms with Gasteiger partial charge in [-0.15, -0.1) is 0 Å². The molecule has 5 rings (SSSR count). The van der Waals surface area contributed by atoms with Gasteiger partial charge >= 0.3 is 0 Å². The number of hydrogen-bond acceptors (Lipinski definition) is 3. The molecule has 3 aromatic rings. The molecule has 0 saturated heterocycles. The van der Waals surface area contributed by atoms with E-state index >= 15 is 0 Å². The average Bonchev–Trinajstić information content (AvgIpc) is 3.29. The number of benzene rings is 2. The van der Waals surface area contributed by atoms with Crippen molar-refractivity contribution in [3.8, 4) is 0 Å². The summed E-state index contributed by atoms with van der Waals surface area (Å²) < 4.78 is 0. The molecule has 4 nitrogen and oxygen atoms in total. The summed E-state index contributed by atoms with van der Waals surface area (Å²) in [6.45, 7) is 0.626. The van der Waals surface area contributed by atoms with Gasteiger partial charge in [0.15, 0.2) is 0 Å². The van der Waals surface area contributed by atoms with Crippen molar-refractivity contribution < 1.29 is 4.79 Å². The second-order valence-electron chi connectivity index (χ2n) is 7.40. The lowest BCUT2D eigenvalue weighted by atomic mass is 10.00. The molecule has 1 aromatic heterocycles. The molecule has 1 N–H and O–H groups in total. The molecule has 1 amide bonds. The van der Waals surface area contributed by atoms with E-state index < -0.39 is 0 Å². The number of carbonyl (C=O) groups is 1. The molecule has 1 saturated carbocycles. The van der Waals surface area contributed by atoms with Gasteiger partial charge < -0.3 is 5.32 Å². The Morgan fingerprint density at radius 1 is 0.962 bits per heavy atom. The summed E-state index contributed by atoms with van der Waals surface area (Å²) in [5.74, 6) is 1.13. The summed E-state index contributed by atoms with van der Waals surface area (Å²) in [5.41, 5.74) is 6.00. The van der Waals surface area contributed by atoms with Crippen LogP contribution >= 0.6 is 0 Å². The first-order valence-corrected chi connectivity index (χ1v) is 9.41. The second-order valence-corrected chi connectivity index (χ2v) is 7.40. The summed E-state index contributed by atoms with van der Waals surface area (Å²) in [7, 11) is 0. The minimum atomic E-state index is -0.0494. The molecule has 0 spiro atoms. The molecule has 2 aliphatic carbocycles. The lowest BCUT2D eigenvalue weighted by molar-refractivity contribution is 0.0954. The van der Waals surface area contributed by atoms with E-state index in [1.54, 1.807) is 0 Å². The van der Waals surface area contributed by atoms with E-state index in [2.05, 4.69) is 17.4 Å². The monoisotopic (exact) mass is 343 g/mol. The van der Waals surface area contributed by atoms with E-state index in [4.69, 9.17) is 9.97 Å². The Bertz CT molecular complexity index is 983. The third kappa shape index (κ3) is 2.66. The second kappa shape index (κ2) is 6.20. The molecule has 1 fully saturated rings. The van der Waals surface area contributed by atoms with Crippen molar-refractivity contribution in [2.24, 2.45) is 0 Å². The van der Waals surface area contributed by atoms with E-state index in [1.165, 1.54) is 36.2 Å². The van der Waals surface area contributed by atoms with E-state index in [0.717, 1.165) is 17.5 Å². The van der Waals surface area contributed by atoms with Crippen LogP contribution in [0.25, 0.3) is 11.0 Å². The predicted molar refractivity (Wildman–Crippen MR) is 101 cm³/mol. The van der Waals surface area contributed by atoms with Crippen LogP contribution in [0.2, 0.25) is 0 Å². The van der Waals surface area contributed by atoms with Crippen molar-refractivity contribution in [2.75, 3.05) is 6.54 Å². The van der Waals surface area contributed by atoms with Crippen LogP contribution in [0.3, 0.4) is 0 Å². The summed E-state index contributed by atoms with van der Waals surface area (Å²) in [6, 6.07) is 15.9. The lowest BCUT2D eigenvalue weighted by Gasteiger charge is -2.14. The van der Waals surface area contributed by atoms with Crippen LogP contribution in [-0.4, -0.2) is 22.4 Å². The van der Waals surface area contributed by atoms with Crippen LogP contribution in [0, 0.1) is 0 Å². The first-order chi connectivity index (χ1) is 12.8. The quantitative estimate of drug-likeness (QED) is 0.780. The van der Waals surface area contributed by atoms with Gasteiger partial charge in [-0.3, -0.25) is 4.79 Å². The summed E-state index contributed by atoms with van der Waals surface area (Å²) in [6.07, 6.45) is 4.52. The zero-order valence-electron chi connectivity index (χ0n) is 14.6. The van der Waals surface area contributed by atoms with Gasteiger partial charge in [0, 0.05) is 23.9 Å². The highest BCUT2D eigenvalue weighted by Gasteiger charge is 2.39. The van der Waals surface area contributed by atoms with E-state index in [0.29, 0.717) is 23.9 Å². The average molecular weight is 343 g/mol. The summed E-state index contributed by atoms with van der Waals surface area (Å²) >= 11 is 0. The molecule has 2 aliphatic rings. The molecule has 1 heterocycles. The number of amides is 1. The molecule has 0 aliphatic heterocycles. The number of hydrogen-bond donors (Lipinski definition) is 1. The molecular weight excluding hydrogens is 322 g/mol. The van der Waals surface area contributed by atoms with E-state index in [1.807, 2.05) is 36.4 Å². The Kier molecular flexibility index (Phi) is 3.70. The Morgan fingerprint density at radius 2 is 1.69 bits per heavy atom. The molecule has 2 atom stereocenters. The van der Waals surface area contributed by atoms with Crippen LogP contribution in [-0.2, 0) is 6.42 Å². The van der Waals surface area contributed by atoms with E-state index in [-0.39, 0.29) is 5.91 Å². The minimum Gasteiger partial charge on any atom is -0.352 e. The highest BCUT2D eigenvalue weighted by atomic mass is 16.1. The minimum absolute atomic E-state index is 0.0494. The molecule has 26 heavy (non-hydrogen) atoms. The van der Waals surface area contributed by atoms with Gasteiger partial charge in [-0.2, -0.15) is 0 Å². The topological polar surface area (TPSA) is 54.9 Å². The number of nitrogens with one attached hydrogen (secondary N) is 1. The number of rotatable bonds is 4. The van der Waals surface area contributed by atoms with Crippen LogP contribution in [0.5, 0.6) is 0 Å². The maximum Gasteiger partial charge on any atom is 0.251 e. The first kappa shape index (κ1) is 15.5. The zero-order valence-corrected chi connectivity index (χ0v) is 14.6. The largest absolute Gasteiger partial charge is 0.352 e. The van der Waals surface area contributed by atoms with Crippen LogP contribution in [0.4, 0.5) is 0 Å². The van der Waals surface area contributed by atoms with Gasteiger partial charge in [0.05, 0.1) is 22.4 Å². The number of carbonyl (C=O) groups excluding carboxylic acids is 1. The number of aromatic nitrogens is 2. The molecule has 2 unspecified atom stereocenters. The zero-order chi connectivity index (χ0) is 17.5. The number of fused-ring (bicyclic) bond motifs is 6. The first-order valence-electron chi connectivity index (χ1n) is 9.41. The van der Waals surface area contributed by atoms with Gasteiger partial charge in [0.25, 0.3) is 5.91 Å². The molecular formula is C22H21N3O. The molecule has 0 radical (unpaired) electrons. The van der Waals surface area contributed by atoms with Gasteiger partial charge in [0.2, 0.25) is 0 Å². The van der Waals surface area contributed by atoms with Crippen molar-refractivity contribution >= 4 is 16.9 Å². The third-order valence-electron chi connectivity index (χ3n) is 5.73. The van der Waals surface area contributed by atoms with Crippen molar-refractivity contribution in [3.63, 3.8) is 0 Å².